The molecular weight excluding hydrogens is 271 g/mol. The van der Waals surface area contributed by atoms with Gasteiger partial charge in [-0.25, -0.2) is 4.57 Å². The number of hydrogen-bond donors (Lipinski definition) is 1. The van der Waals surface area contributed by atoms with Crippen LogP contribution in [0.1, 0.15) is 19.3 Å². The van der Waals surface area contributed by atoms with Crippen molar-refractivity contribution in [1.29, 1.82) is 0 Å². The molecule has 0 saturated heterocycles. The predicted octanol–water partition coefficient (Wildman–Crippen LogP) is 1.38. The first-order valence-corrected chi connectivity index (χ1v) is 7.21. The Morgan fingerprint density at radius 2 is 1.74 bits per heavy atom. The first-order valence-electron chi connectivity index (χ1n) is 5.63. The van der Waals surface area contributed by atoms with Crippen molar-refractivity contribution in [2.24, 2.45) is 0 Å². The van der Waals surface area contributed by atoms with Gasteiger partial charge in [-0.3, -0.25) is 9.59 Å². The average Bonchev–Trinajstić information content (AvgIpc) is 2.39. The Kier molecular flexibility index (Phi) is 5.73. The Hall–Kier alpha value is -1.65. The minimum atomic E-state index is -4.14. The van der Waals surface area contributed by atoms with Crippen LogP contribution in [0.2, 0.25) is 0 Å². The van der Waals surface area contributed by atoms with Gasteiger partial charge in [-0.15, -0.1) is 0 Å². The highest BCUT2D eigenvalue weighted by Gasteiger charge is 2.26. The summed E-state index contributed by atoms with van der Waals surface area (Å²) in [6.07, 6.45) is 0.152. The first kappa shape index (κ1) is 15.4. The Bertz CT molecular complexity index is 484. The molecule has 0 bridgehead atoms. The van der Waals surface area contributed by atoms with E-state index in [9.17, 15) is 19.0 Å². The lowest BCUT2D eigenvalue weighted by molar-refractivity contribution is -0.141. The monoisotopic (exact) mass is 286 g/mol. The van der Waals surface area contributed by atoms with E-state index in [1.807, 2.05) is 0 Å². The summed E-state index contributed by atoms with van der Waals surface area (Å²) < 4.78 is 20.8. The molecule has 0 spiro atoms. The second kappa shape index (κ2) is 7.07. The van der Waals surface area contributed by atoms with E-state index in [1.165, 1.54) is 19.2 Å². The molecule has 0 radical (unpaired) electrons. The predicted molar refractivity (Wildman–Crippen MR) is 67.9 cm³/mol. The lowest BCUT2D eigenvalue weighted by atomic mass is 10.2. The highest BCUT2D eigenvalue weighted by molar-refractivity contribution is 7.61. The SMILES string of the molecule is COC(=O)CCCC(=O)OP(=O)(O)c1ccccc1. The molecular formula is C12H15O6P. The topological polar surface area (TPSA) is 89.9 Å². The van der Waals surface area contributed by atoms with Crippen molar-refractivity contribution < 1.29 is 28.3 Å². The highest BCUT2D eigenvalue weighted by atomic mass is 31.2. The van der Waals surface area contributed by atoms with Crippen LogP contribution in [0, 0.1) is 0 Å². The fourth-order valence-corrected chi connectivity index (χ4v) is 2.35. The fraction of sp³-hybridized carbons (Fsp3) is 0.333. The second-order valence-corrected chi connectivity index (χ2v) is 5.49. The Labute approximate surface area is 110 Å². The number of benzene rings is 1. The smallest absolute Gasteiger partial charge is 0.410 e. The Morgan fingerprint density at radius 3 is 2.32 bits per heavy atom. The summed E-state index contributed by atoms with van der Waals surface area (Å²) in [6, 6.07) is 7.64. The van der Waals surface area contributed by atoms with Gasteiger partial charge in [-0.05, 0) is 18.6 Å². The Morgan fingerprint density at radius 1 is 1.16 bits per heavy atom. The van der Waals surface area contributed by atoms with E-state index >= 15 is 0 Å². The molecule has 1 N–H and O–H groups in total. The molecule has 104 valence electrons. The van der Waals surface area contributed by atoms with E-state index in [4.69, 9.17) is 0 Å². The summed E-state index contributed by atoms with van der Waals surface area (Å²) in [6.45, 7) is 0. The summed E-state index contributed by atoms with van der Waals surface area (Å²) in [7, 11) is -2.89. The minimum absolute atomic E-state index is 0.0521. The fourth-order valence-electron chi connectivity index (χ4n) is 1.33. The third-order valence-electron chi connectivity index (χ3n) is 2.30. The minimum Gasteiger partial charge on any atom is -0.469 e. The molecule has 1 unspecified atom stereocenters. The molecule has 19 heavy (non-hydrogen) atoms. The summed E-state index contributed by atoms with van der Waals surface area (Å²) in [5.41, 5.74) is 0. The zero-order valence-electron chi connectivity index (χ0n) is 10.4. The first-order chi connectivity index (χ1) is 8.95. The quantitative estimate of drug-likeness (QED) is 0.627. The van der Waals surface area contributed by atoms with Gasteiger partial charge >= 0.3 is 19.5 Å². The number of esters is 1. The van der Waals surface area contributed by atoms with Crippen molar-refractivity contribution in [3.8, 4) is 0 Å². The molecule has 0 aliphatic heterocycles. The lowest BCUT2D eigenvalue weighted by Gasteiger charge is -2.11. The van der Waals surface area contributed by atoms with Crippen molar-refractivity contribution in [1.82, 2.24) is 0 Å². The highest BCUT2D eigenvalue weighted by Crippen LogP contribution is 2.40. The molecule has 1 aromatic carbocycles. The summed E-state index contributed by atoms with van der Waals surface area (Å²) >= 11 is 0. The van der Waals surface area contributed by atoms with Crippen molar-refractivity contribution in [3.63, 3.8) is 0 Å². The number of hydrogen-bond acceptors (Lipinski definition) is 5. The van der Waals surface area contributed by atoms with Crippen LogP contribution in [0.3, 0.4) is 0 Å². The van der Waals surface area contributed by atoms with E-state index in [1.54, 1.807) is 18.2 Å². The molecule has 7 heteroatoms. The van der Waals surface area contributed by atoms with Crippen LogP contribution in [-0.2, 0) is 23.4 Å². The van der Waals surface area contributed by atoms with Crippen LogP contribution >= 0.6 is 7.60 Å². The largest absolute Gasteiger partial charge is 0.469 e. The van der Waals surface area contributed by atoms with Gasteiger partial charge < -0.3 is 14.2 Å². The molecule has 1 atom stereocenters. The molecule has 0 saturated carbocycles. The average molecular weight is 286 g/mol. The third-order valence-corrected chi connectivity index (χ3v) is 3.70. The third kappa shape index (κ3) is 5.24. The zero-order chi connectivity index (χ0) is 14.3. The maximum absolute atomic E-state index is 11.8. The van der Waals surface area contributed by atoms with Gasteiger partial charge in [0, 0.05) is 12.8 Å². The van der Waals surface area contributed by atoms with Gasteiger partial charge in [0.25, 0.3) is 0 Å². The van der Waals surface area contributed by atoms with Crippen LogP contribution in [0.15, 0.2) is 30.3 Å². The Balaban J connectivity index is 2.48. The maximum atomic E-state index is 11.8. The van der Waals surface area contributed by atoms with Crippen LogP contribution in [0.4, 0.5) is 0 Å². The van der Waals surface area contributed by atoms with Crippen molar-refractivity contribution >= 4 is 24.8 Å². The molecule has 1 rings (SSSR count). The molecule has 1 aromatic rings. The lowest BCUT2D eigenvalue weighted by Crippen LogP contribution is -2.11. The zero-order valence-corrected chi connectivity index (χ0v) is 11.3. The summed E-state index contributed by atoms with van der Waals surface area (Å²) in [4.78, 5) is 31.8. The molecule has 0 fully saturated rings. The molecule has 0 aliphatic carbocycles. The van der Waals surface area contributed by atoms with Gasteiger partial charge in [-0.1, -0.05) is 18.2 Å². The molecule has 0 heterocycles. The normalized spacial score (nSPS) is 13.4. The van der Waals surface area contributed by atoms with Crippen molar-refractivity contribution in [3.05, 3.63) is 30.3 Å². The number of ether oxygens (including phenoxy) is 1. The van der Waals surface area contributed by atoms with Crippen LogP contribution in [0.25, 0.3) is 0 Å². The number of methoxy groups -OCH3 is 1. The van der Waals surface area contributed by atoms with E-state index in [0.717, 1.165) is 0 Å². The number of carbonyl (C=O) groups is 2. The van der Waals surface area contributed by atoms with Gasteiger partial charge in [0.15, 0.2) is 0 Å². The molecule has 0 amide bonds. The number of carbonyl (C=O) groups excluding carboxylic acids is 2. The van der Waals surface area contributed by atoms with Crippen LogP contribution in [0.5, 0.6) is 0 Å². The van der Waals surface area contributed by atoms with Gasteiger partial charge in [0.2, 0.25) is 0 Å². The van der Waals surface area contributed by atoms with E-state index in [2.05, 4.69) is 9.26 Å². The summed E-state index contributed by atoms with van der Waals surface area (Å²) in [5, 5.41) is 0.0521. The van der Waals surface area contributed by atoms with Crippen LogP contribution < -0.4 is 5.30 Å². The molecule has 0 aliphatic rings. The maximum Gasteiger partial charge on any atom is 0.410 e. The molecule has 0 aromatic heterocycles. The van der Waals surface area contributed by atoms with Gasteiger partial charge in [0.05, 0.1) is 12.4 Å². The van der Waals surface area contributed by atoms with Gasteiger partial charge in [0.1, 0.15) is 0 Å². The second-order valence-electron chi connectivity index (χ2n) is 3.75. The standard InChI is InChI=1S/C12H15O6P/c1-17-11(13)8-5-9-12(14)18-19(15,16)10-6-3-2-4-7-10/h2-4,6-7H,5,8-9H2,1H3,(H,15,16). The van der Waals surface area contributed by atoms with E-state index in [-0.39, 0.29) is 24.6 Å². The van der Waals surface area contributed by atoms with E-state index in [0.29, 0.717) is 0 Å². The van der Waals surface area contributed by atoms with E-state index < -0.39 is 19.5 Å². The van der Waals surface area contributed by atoms with Crippen LogP contribution in [-0.4, -0.2) is 23.9 Å². The van der Waals surface area contributed by atoms with Gasteiger partial charge in [-0.2, -0.15) is 0 Å². The van der Waals surface area contributed by atoms with Crippen molar-refractivity contribution in [2.45, 2.75) is 19.3 Å². The summed E-state index contributed by atoms with van der Waals surface area (Å²) in [5.74, 6) is -1.26. The number of rotatable bonds is 6. The molecule has 6 nitrogen and oxygen atoms in total. The van der Waals surface area contributed by atoms with Crippen molar-refractivity contribution in [2.75, 3.05) is 7.11 Å².